The molecule has 5 nitrogen and oxygen atoms in total. The van der Waals surface area contributed by atoms with Gasteiger partial charge in [-0.2, -0.15) is 0 Å². The van der Waals surface area contributed by atoms with Gasteiger partial charge in [-0.05, 0) is 12.1 Å². The molecule has 14 heavy (non-hydrogen) atoms. The predicted octanol–water partition coefficient (Wildman–Crippen LogP) is -2.66. The van der Waals surface area contributed by atoms with Crippen LogP contribution in [0.25, 0.3) is 0 Å². The molecule has 70 valence electrons. The molecular weight excluding hydrogens is 235 g/mol. The Morgan fingerprint density at radius 1 is 1.36 bits per heavy atom. The summed E-state index contributed by atoms with van der Waals surface area (Å²) in [4.78, 5) is 10.2. The van der Waals surface area contributed by atoms with Crippen molar-refractivity contribution in [2.45, 2.75) is 0 Å². The minimum atomic E-state index is -4.77. The maximum Gasteiger partial charge on any atom is 1.00 e. The van der Waals surface area contributed by atoms with Crippen LogP contribution >= 0.6 is 0 Å². The molecule has 7 heteroatoms. The molecule has 0 aliphatic rings. The minimum absolute atomic E-state index is 0. The van der Waals surface area contributed by atoms with Crippen LogP contribution in [0.2, 0.25) is 0 Å². The van der Waals surface area contributed by atoms with Crippen LogP contribution in [0.1, 0.15) is 10.4 Å². The van der Waals surface area contributed by atoms with E-state index >= 15 is 0 Å². The summed E-state index contributed by atoms with van der Waals surface area (Å²) in [5.74, 6) is -0.167. The Morgan fingerprint density at radius 2 is 2.00 bits per heavy atom. The van der Waals surface area contributed by atoms with Crippen LogP contribution in [0.5, 0.6) is 5.75 Å². The van der Waals surface area contributed by atoms with Gasteiger partial charge in [-0.1, -0.05) is 12.1 Å². The van der Waals surface area contributed by atoms with Gasteiger partial charge in [0.25, 0.3) is 10.4 Å². The summed E-state index contributed by atoms with van der Waals surface area (Å²) in [6.07, 6.45) is 0.518. The van der Waals surface area contributed by atoms with Crippen LogP contribution in [-0.4, -0.2) is 19.3 Å². The zero-order chi connectivity index (χ0) is 9.90. The zero-order valence-corrected chi connectivity index (χ0v) is 11.3. The molecule has 0 fully saturated rings. The fourth-order valence-electron chi connectivity index (χ4n) is 0.758. The third-order valence-electron chi connectivity index (χ3n) is 1.19. The van der Waals surface area contributed by atoms with Gasteiger partial charge in [-0.15, -0.1) is 0 Å². The first-order valence-corrected chi connectivity index (χ1v) is 4.55. The Labute approximate surface area is 124 Å². The third-order valence-corrected chi connectivity index (χ3v) is 1.59. The molecule has 0 saturated carbocycles. The van der Waals surface area contributed by atoms with Crippen molar-refractivity contribution >= 4 is 16.7 Å². The molecule has 1 aromatic carbocycles. The molecule has 0 aliphatic carbocycles. The molecule has 0 N–H and O–H groups in total. The molecule has 0 spiro atoms. The Bertz CT molecular complexity index is 414. The summed E-state index contributed by atoms with van der Waals surface area (Å²) >= 11 is 0. The minimum Gasteiger partial charge on any atom is -0.716 e. The summed E-state index contributed by atoms with van der Waals surface area (Å²) in [5.41, 5.74) is 0.237. The van der Waals surface area contributed by atoms with Crippen molar-refractivity contribution in [3.8, 4) is 5.75 Å². The second-order valence-corrected chi connectivity index (χ2v) is 3.17. The van der Waals surface area contributed by atoms with Crippen molar-refractivity contribution in [3.05, 3.63) is 29.8 Å². The number of rotatable bonds is 3. The number of carbonyl (C=O) groups is 1. The van der Waals surface area contributed by atoms with Crippen LogP contribution in [0, 0.1) is 0 Å². The smallest absolute Gasteiger partial charge is 0.716 e. The average molecular weight is 240 g/mol. The van der Waals surface area contributed by atoms with Gasteiger partial charge in [0.2, 0.25) is 0 Å². The summed E-state index contributed by atoms with van der Waals surface area (Å²) in [6, 6.07) is 5.28. The summed E-state index contributed by atoms with van der Waals surface area (Å²) < 4.78 is 34.4. The summed E-state index contributed by atoms with van der Waals surface area (Å²) in [7, 11) is -4.77. The molecule has 0 atom stereocenters. The Morgan fingerprint density at radius 3 is 2.50 bits per heavy atom. The molecule has 0 amide bonds. The molecule has 0 aromatic heterocycles. The summed E-state index contributed by atoms with van der Waals surface area (Å²) in [5, 5.41) is 0. The van der Waals surface area contributed by atoms with E-state index in [1.54, 1.807) is 0 Å². The number of hydrogen-bond donors (Lipinski definition) is 0. The number of benzene rings is 1. The van der Waals surface area contributed by atoms with Crippen molar-refractivity contribution in [3.63, 3.8) is 0 Å². The van der Waals surface area contributed by atoms with Crippen molar-refractivity contribution < 1.29 is 73.3 Å². The van der Waals surface area contributed by atoms with E-state index in [1.807, 2.05) is 0 Å². The quantitative estimate of drug-likeness (QED) is 0.249. The van der Waals surface area contributed by atoms with Crippen LogP contribution in [0.15, 0.2) is 24.3 Å². The van der Waals surface area contributed by atoms with E-state index in [1.165, 1.54) is 18.2 Å². The topological polar surface area (TPSA) is 83.5 Å². The Kier molecular flexibility index (Phi) is 6.06. The molecule has 0 saturated heterocycles. The molecule has 0 heterocycles. The second kappa shape index (κ2) is 5.96. The van der Waals surface area contributed by atoms with Crippen LogP contribution in [0.3, 0.4) is 0 Å². The molecule has 0 aliphatic heterocycles. The Balaban J connectivity index is 0.00000169. The van der Waals surface area contributed by atoms with Crippen molar-refractivity contribution in [1.82, 2.24) is 0 Å². The summed E-state index contributed by atoms with van der Waals surface area (Å²) in [6.45, 7) is 0. The normalized spacial score (nSPS) is 10.1. The molecular formula is C7H5KO5S. The first kappa shape index (κ1) is 14.2. The molecule has 1 rings (SSSR count). The van der Waals surface area contributed by atoms with Crippen LogP contribution in [-0.2, 0) is 10.4 Å². The van der Waals surface area contributed by atoms with E-state index < -0.39 is 10.4 Å². The maximum atomic E-state index is 10.2. The van der Waals surface area contributed by atoms with Gasteiger partial charge < -0.3 is 8.74 Å². The van der Waals surface area contributed by atoms with Gasteiger partial charge in [-0.3, -0.25) is 4.79 Å². The number of carbonyl (C=O) groups excluding carboxylic acids is 1. The van der Waals surface area contributed by atoms with E-state index in [0.717, 1.165) is 6.07 Å². The monoisotopic (exact) mass is 240 g/mol. The van der Waals surface area contributed by atoms with E-state index in [4.69, 9.17) is 0 Å². The molecule has 1 aromatic rings. The predicted molar refractivity (Wildman–Crippen MR) is 42.2 cm³/mol. The Hall–Kier alpha value is 0.236. The van der Waals surface area contributed by atoms with Gasteiger partial charge in [0.1, 0.15) is 12.0 Å². The van der Waals surface area contributed by atoms with Crippen molar-refractivity contribution in [2.75, 3.05) is 0 Å². The molecule has 0 radical (unpaired) electrons. The van der Waals surface area contributed by atoms with Gasteiger partial charge in [-0.25, -0.2) is 8.42 Å². The first-order valence-electron chi connectivity index (χ1n) is 3.22. The average Bonchev–Trinajstić information content (AvgIpc) is 2.01. The standard InChI is InChI=1S/C7H6O5S.K/c8-5-6-2-1-3-7(4-6)12-13(9,10)11;/h1-5H,(H,9,10,11);/q;+1/p-1. The fraction of sp³-hybridized carbons (Fsp3) is 0. The van der Waals surface area contributed by atoms with Gasteiger partial charge in [0, 0.05) is 5.56 Å². The van der Waals surface area contributed by atoms with Crippen molar-refractivity contribution in [2.24, 2.45) is 0 Å². The molecule has 0 bridgehead atoms. The largest absolute Gasteiger partial charge is 1.00 e. The zero-order valence-electron chi connectivity index (χ0n) is 7.34. The van der Waals surface area contributed by atoms with Crippen molar-refractivity contribution in [1.29, 1.82) is 0 Å². The van der Waals surface area contributed by atoms with Gasteiger partial charge >= 0.3 is 51.4 Å². The SMILES string of the molecule is O=Cc1cccc(OS(=O)(=O)[O-])c1.[K+]. The van der Waals surface area contributed by atoms with E-state index in [9.17, 15) is 17.8 Å². The number of hydrogen-bond acceptors (Lipinski definition) is 5. The second-order valence-electron chi connectivity index (χ2n) is 2.18. The first-order chi connectivity index (χ1) is 6.01. The van der Waals surface area contributed by atoms with Crippen LogP contribution in [0.4, 0.5) is 0 Å². The third kappa shape index (κ3) is 5.20. The molecule has 0 unspecified atom stereocenters. The number of aldehydes is 1. The maximum absolute atomic E-state index is 10.2. The van der Waals surface area contributed by atoms with Gasteiger partial charge in [0.05, 0.1) is 0 Å². The van der Waals surface area contributed by atoms with E-state index in [2.05, 4.69) is 4.18 Å². The van der Waals surface area contributed by atoms with E-state index in [0.29, 0.717) is 6.29 Å². The van der Waals surface area contributed by atoms with Gasteiger partial charge in [0.15, 0.2) is 0 Å². The van der Waals surface area contributed by atoms with Crippen LogP contribution < -0.4 is 55.6 Å². The van der Waals surface area contributed by atoms with E-state index in [-0.39, 0.29) is 62.7 Å². The fourth-order valence-corrected chi connectivity index (χ4v) is 1.10.